The first-order chi connectivity index (χ1) is 7.36. The van der Waals surface area contributed by atoms with Gasteiger partial charge in [-0.2, -0.15) is 0 Å². The molecule has 4 heteroatoms. The molecule has 0 amide bonds. The van der Waals surface area contributed by atoms with E-state index >= 15 is 0 Å². The van der Waals surface area contributed by atoms with Gasteiger partial charge in [-0.3, -0.25) is 0 Å². The van der Waals surface area contributed by atoms with E-state index in [2.05, 4.69) is 47.2 Å². The first-order valence-electron chi connectivity index (χ1n) is 4.72. The summed E-state index contributed by atoms with van der Waals surface area (Å²) in [6.45, 7) is 0. The van der Waals surface area contributed by atoms with Crippen LogP contribution >= 0.6 is 11.3 Å². The highest BCUT2D eigenvalue weighted by Crippen LogP contribution is 2.17. The Labute approximate surface area is 91.2 Å². The van der Waals surface area contributed by atoms with Crippen molar-refractivity contribution in [3.05, 3.63) is 42.0 Å². The normalized spacial score (nSPS) is 11.0. The van der Waals surface area contributed by atoms with Crippen molar-refractivity contribution in [2.75, 3.05) is 0 Å². The molecule has 15 heavy (non-hydrogen) atoms. The Morgan fingerprint density at radius 1 is 1.27 bits per heavy atom. The highest BCUT2D eigenvalue weighted by molar-refractivity contribution is 7.14. The molecule has 1 aromatic carbocycles. The van der Waals surface area contributed by atoms with E-state index in [0.717, 1.165) is 4.96 Å². The molecule has 2 aromatic heterocycles. The molecule has 0 aliphatic carbocycles. The molecule has 0 saturated carbocycles. The highest BCUT2D eigenvalue weighted by Gasteiger charge is 2.17. The molecular weight excluding hydrogens is 206 g/mol. The van der Waals surface area contributed by atoms with Crippen LogP contribution in [0.15, 0.2) is 42.0 Å². The minimum absolute atomic E-state index is 1.15. The number of aromatic nitrogens is 3. The maximum atomic E-state index is 4.24. The van der Waals surface area contributed by atoms with E-state index in [1.807, 2.05) is 16.1 Å². The van der Waals surface area contributed by atoms with E-state index in [-0.39, 0.29) is 0 Å². The standard InChI is InChI=1S/C11H10N3S/c1-13-10(9-5-3-2-4-6-9)7-14-11(13)15-8-12-14/h2-8H,1H3/q+1. The van der Waals surface area contributed by atoms with Crippen LogP contribution in [0.4, 0.5) is 0 Å². The lowest BCUT2D eigenvalue weighted by molar-refractivity contribution is -0.631. The van der Waals surface area contributed by atoms with Gasteiger partial charge in [-0.1, -0.05) is 39.9 Å². The summed E-state index contributed by atoms with van der Waals surface area (Å²) in [5.41, 5.74) is 4.26. The second-order valence-electron chi connectivity index (χ2n) is 3.41. The van der Waals surface area contributed by atoms with E-state index in [1.165, 1.54) is 11.3 Å². The third kappa shape index (κ3) is 1.26. The van der Waals surface area contributed by atoms with Gasteiger partial charge in [0.15, 0.2) is 11.9 Å². The molecule has 0 aliphatic rings. The van der Waals surface area contributed by atoms with Crippen LogP contribution in [0.5, 0.6) is 0 Å². The van der Waals surface area contributed by atoms with Crippen LogP contribution in [0.25, 0.3) is 16.2 Å². The van der Waals surface area contributed by atoms with E-state index in [4.69, 9.17) is 0 Å². The molecule has 2 heterocycles. The van der Waals surface area contributed by atoms with Gasteiger partial charge in [-0.15, -0.1) is 0 Å². The molecule has 0 fully saturated rings. The summed E-state index contributed by atoms with van der Waals surface area (Å²) in [5, 5.41) is 4.24. The molecule has 0 bridgehead atoms. The van der Waals surface area contributed by atoms with Gasteiger partial charge < -0.3 is 0 Å². The van der Waals surface area contributed by atoms with E-state index in [0.29, 0.717) is 0 Å². The predicted molar refractivity (Wildman–Crippen MR) is 59.7 cm³/mol. The van der Waals surface area contributed by atoms with Crippen LogP contribution in [-0.4, -0.2) is 9.61 Å². The first-order valence-corrected chi connectivity index (χ1v) is 5.60. The zero-order valence-electron chi connectivity index (χ0n) is 8.29. The Bertz CT molecular complexity index is 595. The number of rotatable bonds is 1. The molecule has 3 nitrogen and oxygen atoms in total. The molecule has 74 valence electrons. The van der Waals surface area contributed by atoms with Gasteiger partial charge in [0.2, 0.25) is 0 Å². The van der Waals surface area contributed by atoms with E-state index in [1.54, 1.807) is 11.3 Å². The quantitative estimate of drug-likeness (QED) is 0.569. The first kappa shape index (κ1) is 8.61. The third-order valence-corrected chi connectivity index (χ3v) is 3.36. The van der Waals surface area contributed by atoms with Crippen molar-refractivity contribution in [2.45, 2.75) is 0 Å². The fraction of sp³-hybridized carbons (Fsp3) is 0.0909. The van der Waals surface area contributed by atoms with Crippen LogP contribution in [0, 0.1) is 0 Å². The van der Waals surface area contributed by atoms with Crippen molar-refractivity contribution >= 4 is 16.3 Å². The number of nitrogens with zero attached hydrogens (tertiary/aromatic N) is 3. The van der Waals surface area contributed by atoms with Crippen LogP contribution < -0.4 is 4.57 Å². The van der Waals surface area contributed by atoms with E-state index < -0.39 is 0 Å². The van der Waals surface area contributed by atoms with Crippen molar-refractivity contribution in [3.63, 3.8) is 0 Å². The molecule has 0 spiro atoms. The van der Waals surface area contributed by atoms with Crippen LogP contribution in [0.1, 0.15) is 0 Å². The van der Waals surface area contributed by atoms with Crippen molar-refractivity contribution < 1.29 is 4.57 Å². The predicted octanol–water partition coefficient (Wildman–Crippen LogP) is 1.89. The second-order valence-corrected chi connectivity index (χ2v) is 4.22. The molecule has 3 rings (SSSR count). The zero-order valence-corrected chi connectivity index (χ0v) is 9.11. The highest BCUT2D eigenvalue weighted by atomic mass is 32.1. The van der Waals surface area contributed by atoms with Crippen LogP contribution in [-0.2, 0) is 7.05 Å². The molecule has 0 N–H and O–H groups in total. The lowest BCUT2D eigenvalue weighted by atomic mass is 10.2. The Morgan fingerprint density at radius 3 is 2.80 bits per heavy atom. The van der Waals surface area contributed by atoms with Gasteiger partial charge in [-0.25, -0.2) is 4.57 Å². The minimum atomic E-state index is 1.15. The summed E-state index contributed by atoms with van der Waals surface area (Å²) in [4.78, 5) is 1.15. The molecular formula is C11H10N3S+. The Morgan fingerprint density at radius 2 is 2.07 bits per heavy atom. The fourth-order valence-electron chi connectivity index (χ4n) is 1.73. The maximum absolute atomic E-state index is 4.24. The molecule has 3 aromatic rings. The Kier molecular flexibility index (Phi) is 1.82. The number of aryl methyl sites for hydroxylation is 1. The number of hydrogen-bond donors (Lipinski definition) is 0. The Hall–Kier alpha value is -1.68. The summed E-state index contributed by atoms with van der Waals surface area (Å²) in [6, 6.07) is 10.3. The van der Waals surface area contributed by atoms with Gasteiger partial charge in [0.25, 0.3) is 0 Å². The van der Waals surface area contributed by atoms with Gasteiger partial charge in [-0.05, 0) is 11.3 Å². The topological polar surface area (TPSA) is 21.2 Å². The number of imidazole rings is 1. The molecule has 0 unspecified atom stereocenters. The van der Waals surface area contributed by atoms with E-state index in [9.17, 15) is 0 Å². The van der Waals surface area contributed by atoms with Gasteiger partial charge in [0.1, 0.15) is 5.51 Å². The van der Waals surface area contributed by atoms with Crippen molar-refractivity contribution in [1.29, 1.82) is 0 Å². The Balaban J connectivity index is 2.27. The van der Waals surface area contributed by atoms with Crippen LogP contribution in [0.2, 0.25) is 0 Å². The molecule has 0 aliphatic heterocycles. The average molecular weight is 216 g/mol. The number of fused-ring (bicyclic) bond motifs is 1. The maximum Gasteiger partial charge on any atom is 0.368 e. The largest absolute Gasteiger partial charge is 0.368 e. The summed E-state index contributed by atoms with van der Waals surface area (Å²) < 4.78 is 4.07. The lowest BCUT2D eigenvalue weighted by Crippen LogP contribution is -2.28. The SMILES string of the molecule is C[n+]1c(-c2ccccc2)cn2ncsc21. The second kappa shape index (κ2) is 3.17. The molecule has 0 saturated heterocycles. The number of benzene rings is 1. The summed E-state index contributed by atoms with van der Waals surface area (Å²) >= 11 is 1.64. The third-order valence-electron chi connectivity index (χ3n) is 2.49. The van der Waals surface area contributed by atoms with Crippen LogP contribution in [0.3, 0.4) is 0 Å². The number of hydrogen-bond acceptors (Lipinski definition) is 2. The van der Waals surface area contributed by atoms with Crippen molar-refractivity contribution in [3.8, 4) is 11.3 Å². The smallest absolute Gasteiger partial charge is 0.215 e. The lowest BCUT2D eigenvalue weighted by Gasteiger charge is -1.94. The fourth-order valence-corrected chi connectivity index (χ4v) is 2.44. The summed E-state index contributed by atoms with van der Waals surface area (Å²) in [6.07, 6.45) is 2.06. The van der Waals surface area contributed by atoms with Gasteiger partial charge >= 0.3 is 4.96 Å². The average Bonchev–Trinajstić information content (AvgIpc) is 2.83. The van der Waals surface area contributed by atoms with Crippen molar-refractivity contribution in [2.24, 2.45) is 7.05 Å². The summed E-state index contributed by atoms with van der Waals surface area (Å²) in [7, 11) is 2.07. The zero-order chi connectivity index (χ0) is 10.3. The molecule has 0 atom stereocenters. The molecule has 0 radical (unpaired) electrons. The summed E-state index contributed by atoms with van der Waals surface area (Å²) in [5.74, 6) is 0. The van der Waals surface area contributed by atoms with Crippen molar-refractivity contribution in [1.82, 2.24) is 9.61 Å². The van der Waals surface area contributed by atoms with Gasteiger partial charge in [0, 0.05) is 5.56 Å². The minimum Gasteiger partial charge on any atom is -0.215 e. The van der Waals surface area contributed by atoms with Gasteiger partial charge in [0.05, 0.1) is 7.05 Å². The monoisotopic (exact) mass is 216 g/mol.